The first kappa shape index (κ1) is 15.4. The highest BCUT2D eigenvalue weighted by atomic mass is 32.3. The van der Waals surface area contributed by atoms with Crippen molar-refractivity contribution in [2.24, 2.45) is 0 Å². The minimum atomic E-state index is -4.68. The lowest BCUT2D eigenvalue weighted by Crippen LogP contribution is -2.27. The SMILES string of the molecule is O=C1CC(S(=O)(=O)F)CN1c1cccc(CN2CCCC2)c1. The molecular weight excluding hydrogens is 307 g/mol. The van der Waals surface area contributed by atoms with Crippen LogP contribution in [-0.4, -0.2) is 44.1 Å². The second-order valence-corrected chi connectivity index (χ2v) is 7.58. The molecule has 1 unspecified atom stereocenters. The predicted molar refractivity (Wildman–Crippen MR) is 81.7 cm³/mol. The molecule has 2 saturated heterocycles. The van der Waals surface area contributed by atoms with Crippen molar-refractivity contribution < 1.29 is 17.1 Å². The molecule has 1 atom stereocenters. The molecule has 0 saturated carbocycles. The van der Waals surface area contributed by atoms with Gasteiger partial charge in [-0.05, 0) is 43.6 Å². The van der Waals surface area contributed by atoms with Gasteiger partial charge < -0.3 is 4.90 Å². The number of benzene rings is 1. The highest BCUT2D eigenvalue weighted by Crippen LogP contribution is 2.27. The van der Waals surface area contributed by atoms with E-state index in [1.54, 1.807) is 6.07 Å². The third-order valence-corrected chi connectivity index (χ3v) is 5.43. The van der Waals surface area contributed by atoms with Gasteiger partial charge in [-0.25, -0.2) is 0 Å². The first-order valence-electron chi connectivity index (χ1n) is 7.48. The molecule has 0 N–H and O–H groups in total. The number of amides is 1. The number of likely N-dealkylation sites (tertiary alicyclic amines) is 1. The standard InChI is InChI=1S/C15H19FN2O3S/c16-22(20,21)14-9-15(19)18(11-14)13-5-3-4-12(8-13)10-17-6-1-2-7-17/h3-5,8,14H,1-2,6-7,9-11H2. The van der Waals surface area contributed by atoms with Gasteiger partial charge in [-0.3, -0.25) is 9.69 Å². The Bertz CT molecular complexity index is 671. The number of hydrogen-bond donors (Lipinski definition) is 0. The van der Waals surface area contributed by atoms with Crippen molar-refractivity contribution in [2.75, 3.05) is 24.5 Å². The molecule has 0 spiro atoms. The quantitative estimate of drug-likeness (QED) is 0.790. The molecule has 0 radical (unpaired) electrons. The first-order valence-corrected chi connectivity index (χ1v) is 8.93. The zero-order valence-corrected chi connectivity index (χ0v) is 13.1. The van der Waals surface area contributed by atoms with Gasteiger partial charge >= 0.3 is 10.2 Å². The average molecular weight is 326 g/mol. The van der Waals surface area contributed by atoms with Crippen LogP contribution in [0.25, 0.3) is 0 Å². The second-order valence-electron chi connectivity index (χ2n) is 5.96. The van der Waals surface area contributed by atoms with Gasteiger partial charge in [-0.1, -0.05) is 12.1 Å². The van der Waals surface area contributed by atoms with E-state index in [0.29, 0.717) is 5.69 Å². The largest absolute Gasteiger partial charge is 0.311 e. The third kappa shape index (κ3) is 3.30. The van der Waals surface area contributed by atoms with E-state index in [0.717, 1.165) is 25.2 Å². The Balaban J connectivity index is 1.76. The molecule has 2 aliphatic heterocycles. The van der Waals surface area contributed by atoms with Crippen molar-refractivity contribution in [1.29, 1.82) is 0 Å². The van der Waals surface area contributed by atoms with Gasteiger partial charge in [0.2, 0.25) is 5.91 Å². The van der Waals surface area contributed by atoms with Crippen LogP contribution in [0.2, 0.25) is 0 Å². The van der Waals surface area contributed by atoms with Crippen LogP contribution in [0.3, 0.4) is 0 Å². The van der Waals surface area contributed by atoms with Crippen molar-refractivity contribution in [2.45, 2.75) is 31.1 Å². The maximum atomic E-state index is 13.1. The summed E-state index contributed by atoms with van der Waals surface area (Å²) in [5.41, 5.74) is 1.73. The fraction of sp³-hybridized carbons (Fsp3) is 0.533. The minimum absolute atomic E-state index is 0.106. The molecule has 120 valence electrons. The maximum absolute atomic E-state index is 13.1. The van der Waals surface area contributed by atoms with Gasteiger partial charge in [0.15, 0.2) is 0 Å². The highest BCUT2D eigenvalue weighted by molar-refractivity contribution is 7.87. The number of halogens is 1. The lowest BCUT2D eigenvalue weighted by Gasteiger charge is -2.19. The highest BCUT2D eigenvalue weighted by Gasteiger charge is 2.39. The van der Waals surface area contributed by atoms with Crippen LogP contribution in [0.15, 0.2) is 24.3 Å². The van der Waals surface area contributed by atoms with Crippen LogP contribution in [0.1, 0.15) is 24.8 Å². The van der Waals surface area contributed by atoms with Crippen molar-refractivity contribution in [3.05, 3.63) is 29.8 Å². The Morgan fingerprint density at radius 2 is 1.95 bits per heavy atom. The Morgan fingerprint density at radius 1 is 1.23 bits per heavy atom. The number of nitrogens with zero attached hydrogens (tertiary/aromatic N) is 2. The van der Waals surface area contributed by atoms with Gasteiger partial charge in [0.05, 0.1) is 0 Å². The average Bonchev–Trinajstić information content (AvgIpc) is 3.08. The molecule has 1 amide bonds. The van der Waals surface area contributed by atoms with Crippen LogP contribution in [0.4, 0.5) is 9.57 Å². The predicted octanol–water partition coefficient (Wildman–Crippen LogP) is 1.69. The van der Waals surface area contributed by atoms with Gasteiger partial charge in [0.1, 0.15) is 5.25 Å². The summed E-state index contributed by atoms with van der Waals surface area (Å²) >= 11 is 0. The van der Waals surface area contributed by atoms with E-state index in [2.05, 4.69) is 4.90 Å². The summed E-state index contributed by atoms with van der Waals surface area (Å²) in [6, 6.07) is 7.50. The maximum Gasteiger partial charge on any atom is 0.307 e. The van der Waals surface area contributed by atoms with Gasteiger partial charge in [0, 0.05) is 25.2 Å². The van der Waals surface area contributed by atoms with E-state index in [4.69, 9.17) is 0 Å². The summed E-state index contributed by atoms with van der Waals surface area (Å²) in [5.74, 6) is -0.343. The molecule has 2 aliphatic rings. The van der Waals surface area contributed by atoms with Crippen LogP contribution < -0.4 is 4.90 Å². The van der Waals surface area contributed by atoms with E-state index < -0.39 is 15.5 Å². The third-order valence-electron chi connectivity index (χ3n) is 4.31. The van der Waals surface area contributed by atoms with Crippen LogP contribution >= 0.6 is 0 Å². The lowest BCUT2D eigenvalue weighted by molar-refractivity contribution is -0.117. The van der Waals surface area contributed by atoms with E-state index in [-0.39, 0.29) is 18.9 Å². The van der Waals surface area contributed by atoms with Crippen molar-refractivity contribution in [3.8, 4) is 0 Å². The zero-order valence-electron chi connectivity index (χ0n) is 12.2. The molecule has 1 aromatic carbocycles. The topological polar surface area (TPSA) is 57.7 Å². The normalized spacial score (nSPS) is 23.4. The van der Waals surface area contributed by atoms with Crippen LogP contribution in [0, 0.1) is 0 Å². The van der Waals surface area contributed by atoms with Gasteiger partial charge in [0.25, 0.3) is 0 Å². The van der Waals surface area contributed by atoms with E-state index in [9.17, 15) is 17.1 Å². The Labute approximate surface area is 129 Å². The van der Waals surface area contributed by atoms with Gasteiger partial charge in [-0.2, -0.15) is 8.42 Å². The van der Waals surface area contributed by atoms with Gasteiger partial charge in [-0.15, -0.1) is 3.89 Å². The van der Waals surface area contributed by atoms with E-state index in [1.165, 1.54) is 17.7 Å². The summed E-state index contributed by atoms with van der Waals surface area (Å²) in [6.07, 6.45) is 2.13. The number of hydrogen-bond acceptors (Lipinski definition) is 4. The zero-order chi connectivity index (χ0) is 15.7. The monoisotopic (exact) mass is 326 g/mol. The molecule has 1 aromatic rings. The molecule has 5 nitrogen and oxygen atoms in total. The molecule has 0 aliphatic carbocycles. The molecule has 7 heteroatoms. The van der Waals surface area contributed by atoms with Crippen LogP contribution in [0.5, 0.6) is 0 Å². The fourth-order valence-corrected chi connectivity index (χ4v) is 3.80. The fourth-order valence-electron chi connectivity index (χ4n) is 3.13. The number of carbonyl (C=O) groups is 1. The number of anilines is 1. The second kappa shape index (κ2) is 5.96. The first-order chi connectivity index (χ1) is 10.4. The molecule has 0 bridgehead atoms. The van der Waals surface area contributed by atoms with Crippen molar-refractivity contribution in [1.82, 2.24) is 4.90 Å². The van der Waals surface area contributed by atoms with Crippen molar-refractivity contribution in [3.63, 3.8) is 0 Å². The smallest absolute Gasteiger partial charge is 0.307 e. The summed E-state index contributed by atoms with van der Waals surface area (Å²) < 4.78 is 35.1. The summed E-state index contributed by atoms with van der Waals surface area (Å²) in [4.78, 5) is 15.7. The summed E-state index contributed by atoms with van der Waals surface area (Å²) in [5, 5.41) is -1.25. The Hall–Kier alpha value is -1.47. The lowest BCUT2D eigenvalue weighted by atomic mass is 10.2. The van der Waals surface area contributed by atoms with E-state index >= 15 is 0 Å². The van der Waals surface area contributed by atoms with E-state index in [1.807, 2.05) is 18.2 Å². The Kier molecular flexibility index (Phi) is 4.18. The molecular formula is C15H19FN2O3S. The minimum Gasteiger partial charge on any atom is -0.311 e. The number of carbonyl (C=O) groups excluding carboxylic acids is 1. The summed E-state index contributed by atoms with van der Waals surface area (Å²) in [6.45, 7) is 2.87. The molecule has 2 heterocycles. The number of rotatable bonds is 4. The molecule has 0 aromatic heterocycles. The molecule has 22 heavy (non-hydrogen) atoms. The van der Waals surface area contributed by atoms with Crippen LogP contribution in [-0.2, 0) is 21.6 Å². The van der Waals surface area contributed by atoms with Crippen molar-refractivity contribution >= 4 is 21.8 Å². The Morgan fingerprint density at radius 3 is 2.59 bits per heavy atom. The molecule has 2 fully saturated rings. The molecule has 3 rings (SSSR count). The summed E-state index contributed by atoms with van der Waals surface area (Å²) in [7, 11) is -4.68.